The molecule has 0 aliphatic carbocycles. The summed E-state index contributed by atoms with van der Waals surface area (Å²) < 4.78 is 4.73. The van der Waals surface area contributed by atoms with E-state index in [1.807, 2.05) is 66.4 Å². The fraction of sp³-hybridized carbons (Fsp3) is 0.333. The van der Waals surface area contributed by atoms with E-state index < -0.39 is 6.10 Å². The van der Waals surface area contributed by atoms with Gasteiger partial charge in [0.15, 0.2) is 0 Å². The number of aliphatic hydroxyl groups excluding tert-OH is 1. The standard InChI is InChI=1S/C27H29NO4S/c1-20(8-6-11-21-9-4-3-5-10-21)24(29)16-13-22-14-18-26(30)28(22)19-7-12-23-15-17-25(33-23)27(31)32-2/h3-5,7,9-10,12-13,15-17,20,22,24,29H,8,14,18-19H2,1-2H3/b12-7-,16-13+/t20?,22-,24-/m0/s1. The van der Waals surface area contributed by atoms with Crippen LogP contribution in [0.2, 0.25) is 0 Å². The second-order valence-corrected chi connectivity index (χ2v) is 9.09. The molecule has 1 aliphatic rings. The van der Waals surface area contributed by atoms with Crippen LogP contribution in [-0.4, -0.2) is 47.7 Å². The normalized spacial score (nSPS) is 17.8. The zero-order valence-electron chi connectivity index (χ0n) is 18.9. The Morgan fingerprint density at radius 2 is 2.09 bits per heavy atom. The highest BCUT2D eigenvalue weighted by molar-refractivity contribution is 7.14. The molecule has 2 aromatic rings. The number of benzene rings is 1. The van der Waals surface area contributed by atoms with Crippen LogP contribution in [0.25, 0.3) is 6.08 Å². The topological polar surface area (TPSA) is 66.8 Å². The van der Waals surface area contributed by atoms with Gasteiger partial charge in [0, 0.05) is 29.8 Å². The Hall–Kier alpha value is -3.14. The first-order valence-corrected chi connectivity index (χ1v) is 11.8. The number of aliphatic hydroxyl groups is 1. The maximum Gasteiger partial charge on any atom is 0.348 e. The summed E-state index contributed by atoms with van der Waals surface area (Å²) in [5.41, 5.74) is 0.965. The molecule has 0 spiro atoms. The molecule has 1 N–H and O–H groups in total. The Kier molecular flexibility index (Phi) is 9.05. The Labute approximate surface area is 199 Å². The van der Waals surface area contributed by atoms with Gasteiger partial charge in [0.1, 0.15) is 4.88 Å². The highest BCUT2D eigenvalue weighted by Gasteiger charge is 2.28. The smallest absolute Gasteiger partial charge is 0.348 e. The van der Waals surface area contributed by atoms with Crippen LogP contribution >= 0.6 is 11.3 Å². The highest BCUT2D eigenvalue weighted by Crippen LogP contribution is 2.22. The number of thiophene rings is 1. The van der Waals surface area contributed by atoms with Crippen LogP contribution in [0.15, 0.2) is 60.7 Å². The molecule has 5 nitrogen and oxygen atoms in total. The molecular weight excluding hydrogens is 434 g/mol. The number of hydrogen-bond donors (Lipinski definition) is 1. The van der Waals surface area contributed by atoms with E-state index in [1.165, 1.54) is 18.4 Å². The number of hydrogen-bond acceptors (Lipinski definition) is 5. The molecule has 0 saturated carbocycles. The minimum absolute atomic E-state index is 0.00857. The van der Waals surface area contributed by atoms with Crippen LogP contribution in [0.4, 0.5) is 0 Å². The molecular formula is C27H29NO4S. The second kappa shape index (κ2) is 12.2. The molecule has 0 bridgehead atoms. The number of carbonyl (C=O) groups is 2. The van der Waals surface area contributed by atoms with E-state index in [4.69, 9.17) is 4.74 Å². The predicted octanol–water partition coefficient (Wildman–Crippen LogP) is 4.53. The van der Waals surface area contributed by atoms with E-state index in [0.717, 1.165) is 16.9 Å². The van der Waals surface area contributed by atoms with Crippen molar-refractivity contribution in [3.63, 3.8) is 0 Å². The van der Waals surface area contributed by atoms with Gasteiger partial charge in [-0.25, -0.2) is 4.79 Å². The van der Waals surface area contributed by atoms with E-state index in [2.05, 4.69) is 11.8 Å². The number of amides is 1. The van der Waals surface area contributed by atoms with E-state index in [0.29, 0.717) is 24.3 Å². The van der Waals surface area contributed by atoms with Crippen molar-refractivity contribution >= 4 is 29.3 Å². The van der Waals surface area contributed by atoms with Crippen LogP contribution in [0.3, 0.4) is 0 Å². The molecule has 3 rings (SSSR count). The Bertz CT molecular complexity index is 1060. The van der Waals surface area contributed by atoms with Crippen LogP contribution in [0, 0.1) is 17.8 Å². The van der Waals surface area contributed by atoms with Gasteiger partial charge in [-0.15, -0.1) is 11.3 Å². The first-order chi connectivity index (χ1) is 16.0. The van der Waals surface area contributed by atoms with Crippen molar-refractivity contribution in [2.45, 2.75) is 38.3 Å². The summed E-state index contributed by atoms with van der Waals surface area (Å²) in [4.78, 5) is 27.2. The van der Waals surface area contributed by atoms with Gasteiger partial charge >= 0.3 is 5.97 Å². The Morgan fingerprint density at radius 3 is 2.85 bits per heavy atom. The van der Waals surface area contributed by atoms with Gasteiger partial charge in [-0.1, -0.05) is 55.2 Å². The van der Waals surface area contributed by atoms with Gasteiger partial charge in [0.25, 0.3) is 0 Å². The summed E-state index contributed by atoms with van der Waals surface area (Å²) in [6.45, 7) is 2.45. The van der Waals surface area contributed by atoms with Crippen molar-refractivity contribution < 1.29 is 19.4 Å². The lowest BCUT2D eigenvalue weighted by molar-refractivity contribution is -0.127. The first-order valence-electron chi connectivity index (χ1n) is 11.0. The minimum atomic E-state index is -0.619. The predicted molar refractivity (Wildman–Crippen MR) is 132 cm³/mol. The number of rotatable bonds is 8. The molecule has 2 heterocycles. The van der Waals surface area contributed by atoms with Crippen molar-refractivity contribution in [3.8, 4) is 11.8 Å². The molecule has 1 amide bonds. The number of carbonyl (C=O) groups excluding carboxylic acids is 2. The molecule has 1 aliphatic heterocycles. The number of esters is 1. The van der Waals surface area contributed by atoms with Crippen molar-refractivity contribution in [2.75, 3.05) is 13.7 Å². The third kappa shape index (κ3) is 7.18. The van der Waals surface area contributed by atoms with E-state index in [-0.39, 0.29) is 23.8 Å². The van der Waals surface area contributed by atoms with Gasteiger partial charge in [0.05, 0.1) is 19.3 Å². The van der Waals surface area contributed by atoms with Crippen molar-refractivity contribution in [1.82, 2.24) is 4.90 Å². The quantitative estimate of drug-likeness (QED) is 0.355. The molecule has 172 valence electrons. The van der Waals surface area contributed by atoms with Crippen molar-refractivity contribution in [1.29, 1.82) is 0 Å². The van der Waals surface area contributed by atoms with Crippen LogP contribution in [0.5, 0.6) is 0 Å². The molecule has 33 heavy (non-hydrogen) atoms. The monoisotopic (exact) mass is 463 g/mol. The first kappa shape index (κ1) is 24.5. The molecule has 1 unspecified atom stereocenters. The van der Waals surface area contributed by atoms with E-state index >= 15 is 0 Å². The maximum absolute atomic E-state index is 12.3. The summed E-state index contributed by atoms with van der Waals surface area (Å²) in [5.74, 6) is 6.00. The van der Waals surface area contributed by atoms with Crippen LogP contribution < -0.4 is 0 Å². The van der Waals surface area contributed by atoms with Crippen molar-refractivity contribution in [2.24, 2.45) is 5.92 Å². The molecule has 3 atom stereocenters. The minimum Gasteiger partial charge on any atom is -0.465 e. The van der Waals surface area contributed by atoms with Crippen LogP contribution in [-0.2, 0) is 9.53 Å². The highest BCUT2D eigenvalue weighted by atomic mass is 32.1. The maximum atomic E-state index is 12.3. The largest absolute Gasteiger partial charge is 0.465 e. The number of ether oxygens (including phenoxy) is 1. The fourth-order valence-electron chi connectivity index (χ4n) is 3.52. The lowest BCUT2D eigenvalue weighted by atomic mass is 9.99. The summed E-state index contributed by atoms with van der Waals surface area (Å²) in [7, 11) is 1.36. The number of nitrogens with zero attached hydrogens (tertiary/aromatic N) is 1. The summed E-state index contributed by atoms with van der Waals surface area (Å²) >= 11 is 1.35. The third-order valence-electron chi connectivity index (χ3n) is 5.52. The molecule has 1 fully saturated rings. The van der Waals surface area contributed by atoms with Gasteiger partial charge in [-0.2, -0.15) is 0 Å². The molecule has 6 heteroatoms. The number of methoxy groups -OCH3 is 1. The Morgan fingerprint density at radius 1 is 1.30 bits per heavy atom. The average Bonchev–Trinajstić information content (AvgIpc) is 3.44. The molecule has 1 saturated heterocycles. The van der Waals surface area contributed by atoms with E-state index in [1.54, 1.807) is 12.1 Å². The lowest BCUT2D eigenvalue weighted by Gasteiger charge is -2.21. The zero-order valence-corrected chi connectivity index (χ0v) is 19.8. The summed E-state index contributed by atoms with van der Waals surface area (Å²) in [5, 5.41) is 10.5. The van der Waals surface area contributed by atoms with E-state index in [9.17, 15) is 14.7 Å². The Balaban J connectivity index is 1.52. The number of likely N-dealkylation sites (tertiary alicyclic amines) is 1. The van der Waals surface area contributed by atoms with Gasteiger partial charge in [0.2, 0.25) is 5.91 Å². The van der Waals surface area contributed by atoms with Crippen molar-refractivity contribution in [3.05, 3.63) is 76.0 Å². The fourth-order valence-corrected chi connectivity index (χ4v) is 4.37. The molecule has 0 radical (unpaired) electrons. The summed E-state index contributed by atoms with van der Waals surface area (Å²) in [6.07, 6.45) is 8.77. The zero-order chi connectivity index (χ0) is 23.6. The van der Waals surface area contributed by atoms with Crippen LogP contribution in [0.1, 0.15) is 46.3 Å². The lowest BCUT2D eigenvalue weighted by Crippen LogP contribution is -2.32. The summed E-state index contributed by atoms with van der Waals surface area (Å²) in [6, 6.07) is 13.3. The second-order valence-electron chi connectivity index (χ2n) is 7.97. The average molecular weight is 464 g/mol. The van der Waals surface area contributed by atoms with Gasteiger partial charge in [-0.3, -0.25) is 4.79 Å². The third-order valence-corrected chi connectivity index (χ3v) is 6.55. The molecule has 1 aromatic heterocycles. The molecule has 1 aromatic carbocycles. The van der Waals surface area contributed by atoms with Gasteiger partial charge in [-0.05, 0) is 42.7 Å². The van der Waals surface area contributed by atoms with Gasteiger partial charge < -0.3 is 14.7 Å². The SMILES string of the molecule is COC(=O)c1ccc(/C=C\CN2C(=O)CC[C@@H]2/C=C/[C@H](O)C(C)CC#Cc2ccccc2)s1.